The summed E-state index contributed by atoms with van der Waals surface area (Å²) in [5.41, 5.74) is 4.59. The number of nitrogens with two attached hydrogens (primary N) is 1. The number of non-ortho nitro benzene ring substituents is 1. The summed E-state index contributed by atoms with van der Waals surface area (Å²) >= 11 is 3.08. The van der Waals surface area contributed by atoms with Crippen LogP contribution in [0, 0.1) is 10.1 Å². The number of hydrogen-bond acceptors (Lipinski definition) is 5. The number of benzene rings is 1. The molecule has 0 saturated carbocycles. The molecule has 1 aromatic carbocycles. The van der Waals surface area contributed by atoms with Crippen LogP contribution >= 0.6 is 15.9 Å². The first-order valence-electron chi connectivity index (χ1n) is 5.02. The lowest BCUT2D eigenvalue weighted by Gasteiger charge is -2.09. The number of aliphatic hydroxyl groups excluding tert-OH is 1. The molecule has 4 N–H and O–H groups in total. The Balaban J connectivity index is 2.84. The largest absolute Gasteiger partial charge is 0.381 e. The van der Waals surface area contributed by atoms with Gasteiger partial charge in [0.05, 0.1) is 17.0 Å². The number of carbonyl (C=O) groups excluding carboxylic acids is 2. The zero-order valence-electron chi connectivity index (χ0n) is 9.50. The highest BCUT2D eigenvalue weighted by atomic mass is 79.9. The second-order valence-electron chi connectivity index (χ2n) is 3.55. The van der Waals surface area contributed by atoms with Crippen LogP contribution in [0.1, 0.15) is 10.4 Å². The van der Waals surface area contributed by atoms with Gasteiger partial charge in [-0.15, -0.1) is 0 Å². The van der Waals surface area contributed by atoms with Crippen LogP contribution in [0.15, 0.2) is 22.7 Å². The fraction of sp³-hybridized carbons (Fsp3) is 0.200. The van der Waals surface area contributed by atoms with Crippen molar-refractivity contribution in [3.8, 4) is 0 Å². The predicted octanol–water partition coefficient (Wildman–Crippen LogP) is -0.0667. The molecule has 2 amide bonds. The smallest absolute Gasteiger partial charge is 0.270 e. The fourth-order valence-corrected chi connectivity index (χ4v) is 1.61. The number of carbonyl (C=O) groups is 2. The first kappa shape index (κ1) is 15.1. The Hall–Kier alpha value is -2.00. The van der Waals surface area contributed by atoms with Crippen molar-refractivity contribution in [2.45, 2.75) is 6.10 Å². The molecule has 19 heavy (non-hydrogen) atoms. The lowest BCUT2D eigenvalue weighted by molar-refractivity contribution is -0.384. The monoisotopic (exact) mass is 331 g/mol. The van der Waals surface area contributed by atoms with Gasteiger partial charge in [0.25, 0.3) is 11.6 Å². The highest BCUT2D eigenvalue weighted by Crippen LogP contribution is 2.22. The van der Waals surface area contributed by atoms with Crippen LogP contribution in [0.2, 0.25) is 0 Å². The average molecular weight is 332 g/mol. The summed E-state index contributed by atoms with van der Waals surface area (Å²) in [5.74, 6) is -1.64. The number of nitrogens with zero attached hydrogens (tertiary/aromatic N) is 1. The Labute approximate surface area is 115 Å². The van der Waals surface area contributed by atoms with E-state index in [4.69, 9.17) is 10.8 Å². The normalized spacial score (nSPS) is 11.7. The number of nitrogens with one attached hydrogen (secondary N) is 1. The van der Waals surface area contributed by atoms with Gasteiger partial charge in [-0.3, -0.25) is 19.7 Å². The molecular weight excluding hydrogens is 322 g/mol. The minimum absolute atomic E-state index is 0.0193. The molecular formula is C10H10BrN3O5. The number of nitro benzene ring substituents is 1. The van der Waals surface area contributed by atoms with Crippen LogP contribution in [0.4, 0.5) is 5.69 Å². The maximum absolute atomic E-state index is 11.7. The number of hydrogen-bond donors (Lipinski definition) is 3. The number of rotatable bonds is 5. The summed E-state index contributed by atoms with van der Waals surface area (Å²) in [4.78, 5) is 32.3. The molecule has 1 rings (SSSR count). The van der Waals surface area contributed by atoms with Crippen molar-refractivity contribution in [3.05, 3.63) is 38.3 Å². The number of halogens is 1. The van der Waals surface area contributed by atoms with Crippen molar-refractivity contribution in [2.24, 2.45) is 5.73 Å². The van der Waals surface area contributed by atoms with Crippen LogP contribution in [-0.4, -0.2) is 34.5 Å². The first-order valence-corrected chi connectivity index (χ1v) is 5.81. The average Bonchev–Trinajstić information content (AvgIpc) is 2.35. The molecule has 0 spiro atoms. The zero-order chi connectivity index (χ0) is 14.6. The van der Waals surface area contributed by atoms with E-state index in [1.165, 1.54) is 12.1 Å². The molecule has 0 aliphatic rings. The van der Waals surface area contributed by atoms with Gasteiger partial charge in [-0.05, 0) is 22.0 Å². The quantitative estimate of drug-likeness (QED) is 0.512. The van der Waals surface area contributed by atoms with Crippen LogP contribution in [0.3, 0.4) is 0 Å². The number of nitro groups is 1. The molecule has 0 aromatic heterocycles. The lowest BCUT2D eigenvalue weighted by atomic mass is 10.2. The standard InChI is InChI=1S/C10H10BrN3O5/c11-7-2-1-5(14(18)19)3-6(7)10(17)13-4-8(15)9(12)16/h1-3,8,15H,4H2,(H2,12,16)(H,13,17). The van der Waals surface area contributed by atoms with Crippen LogP contribution in [-0.2, 0) is 4.79 Å². The molecule has 102 valence electrons. The van der Waals surface area contributed by atoms with Crippen molar-refractivity contribution in [1.29, 1.82) is 0 Å². The van der Waals surface area contributed by atoms with E-state index in [9.17, 15) is 19.7 Å². The third-order valence-electron chi connectivity index (χ3n) is 2.19. The Bertz CT molecular complexity index is 534. The van der Waals surface area contributed by atoms with Gasteiger partial charge >= 0.3 is 0 Å². The topological polar surface area (TPSA) is 136 Å². The minimum Gasteiger partial charge on any atom is -0.381 e. The second-order valence-corrected chi connectivity index (χ2v) is 4.40. The fourth-order valence-electron chi connectivity index (χ4n) is 1.19. The van der Waals surface area contributed by atoms with E-state index in [-0.39, 0.29) is 17.8 Å². The third kappa shape index (κ3) is 4.00. The molecule has 1 aromatic rings. The molecule has 8 nitrogen and oxygen atoms in total. The van der Waals surface area contributed by atoms with Gasteiger partial charge < -0.3 is 16.2 Å². The van der Waals surface area contributed by atoms with Crippen molar-refractivity contribution in [1.82, 2.24) is 5.32 Å². The van der Waals surface area contributed by atoms with E-state index in [1.807, 2.05) is 0 Å². The van der Waals surface area contributed by atoms with E-state index in [1.54, 1.807) is 0 Å². The lowest BCUT2D eigenvalue weighted by Crippen LogP contribution is -2.40. The highest BCUT2D eigenvalue weighted by Gasteiger charge is 2.17. The molecule has 0 aliphatic carbocycles. The Morgan fingerprint density at radius 1 is 1.53 bits per heavy atom. The van der Waals surface area contributed by atoms with Gasteiger partial charge in [0, 0.05) is 16.6 Å². The van der Waals surface area contributed by atoms with Gasteiger partial charge in [-0.2, -0.15) is 0 Å². The summed E-state index contributed by atoms with van der Waals surface area (Å²) in [5, 5.41) is 22.0. The maximum Gasteiger partial charge on any atom is 0.270 e. The Kier molecular flexibility index (Phi) is 4.95. The predicted molar refractivity (Wildman–Crippen MR) is 68.3 cm³/mol. The van der Waals surface area contributed by atoms with Crippen LogP contribution in [0.5, 0.6) is 0 Å². The number of aliphatic hydroxyl groups is 1. The number of primary amides is 1. The van der Waals surface area contributed by atoms with E-state index >= 15 is 0 Å². The Morgan fingerprint density at radius 3 is 2.68 bits per heavy atom. The van der Waals surface area contributed by atoms with E-state index in [2.05, 4.69) is 21.2 Å². The molecule has 0 radical (unpaired) electrons. The molecule has 9 heteroatoms. The van der Waals surface area contributed by atoms with Crippen LogP contribution < -0.4 is 11.1 Å². The summed E-state index contributed by atoms with van der Waals surface area (Å²) in [7, 11) is 0. The van der Waals surface area contributed by atoms with E-state index < -0.39 is 22.8 Å². The Morgan fingerprint density at radius 2 is 2.16 bits per heavy atom. The zero-order valence-corrected chi connectivity index (χ0v) is 11.1. The first-order chi connectivity index (χ1) is 8.82. The molecule has 1 atom stereocenters. The summed E-state index contributed by atoms with van der Waals surface area (Å²) in [6.45, 7) is -0.372. The second kappa shape index (κ2) is 6.25. The molecule has 1 unspecified atom stereocenters. The maximum atomic E-state index is 11.7. The van der Waals surface area contributed by atoms with Crippen molar-refractivity contribution in [2.75, 3.05) is 6.54 Å². The van der Waals surface area contributed by atoms with Crippen LogP contribution in [0.25, 0.3) is 0 Å². The molecule has 0 fully saturated rings. The van der Waals surface area contributed by atoms with Gasteiger partial charge in [0.15, 0.2) is 0 Å². The van der Waals surface area contributed by atoms with Gasteiger partial charge in [0.2, 0.25) is 5.91 Å². The highest BCUT2D eigenvalue weighted by molar-refractivity contribution is 9.10. The molecule has 0 saturated heterocycles. The van der Waals surface area contributed by atoms with Gasteiger partial charge in [-0.1, -0.05) is 0 Å². The molecule has 0 aliphatic heterocycles. The summed E-state index contributed by atoms with van der Waals surface area (Å²) in [6.07, 6.45) is -1.51. The van der Waals surface area contributed by atoms with Crippen molar-refractivity contribution >= 4 is 33.4 Å². The van der Waals surface area contributed by atoms with E-state index in [0.29, 0.717) is 4.47 Å². The molecule has 0 bridgehead atoms. The van der Waals surface area contributed by atoms with E-state index in [0.717, 1.165) is 6.07 Å². The van der Waals surface area contributed by atoms with Crippen molar-refractivity contribution in [3.63, 3.8) is 0 Å². The van der Waals surface area contributed by atoms with Gasteiger partial charge in [0.1, 0.15) is 6.10 Å². The third-order valence-corrected chi connectivity index (χ3v) is 2.88. The minimum atomic E-state index is -1.51. The SMILES string of the molecule is NC(=O)C(O)CNC(=O)c1cc([N+](=O)[O-])ccc1Br. The van der Waals surface area contributed by atoms with Gasteiger partial charge in [-0.25, -0.2) is 0 Å². The summed E-state index contributed by atoms with van der Waals surface area (Å²) < 4.78 is 0.351. The number of amides is 2. The van der Waals surface area contributed by atoms with Crippen molar-refractivity contribution < 1.29 is 19.6 Å². The molecule has 0 heterocycles. The summed E-state index contributed by atoms with van der Waals surface area (Å²) in [6, 6.07) is 3.67.